The molecule has 0 saturated carbocycles. The van der Waals surface area contributed by atoms with E-state index < -0.39 is 0 Å². The number of carbonyl (C=O) groups is 1. The Bertz CT molecular complexity index is 364. The maximum atomic E-state index is 11.5. The topological polar surface area (TPSA) is 43.1 Å². The van der Waals surface area contributed by atoms with Crippen LogP contribution in [-0.4, -0.2) is 5.78 Å². The molecule has 1 unspecified atom stereocenters. The average Bonchev–Trinajstić information content (AvgIpc) is 2.26. The molecule has 0 radical (unpaired) electrons. The van der Waals surface area contributed by atoms with Gasteiger partial charge in [0.2, 0.25) is 0 Å². The van der Waals surface area contributed by atoms with E-state index in [9.17, 15) is 4.79 Å². The van der Waals surface area contributed by atoms with Gasteiger partial charge in [-0.1, -0.05) is 35.9 Å². The summed E-state index contributed by atoms with van der Waals surface area (Å²) in [7, 11) is 0. The molecule has 0 aliphatic rings. The molecule has 1 atom stereocenters. The van der Waals surface area contributed by atoms with Crippen molar-refractivity contribution >= 4 is 5.78 Å². The predicted octanol–water partition coefficient (Wildman–Crippen LogP) is 3.00. The molecule has 0 aliphatic heterocycles. The van der Waals surface area contributed by atoms with Crippen molar-refractivity contribution in [2.45, 2.75) is 32.7 Å². The zero-order valence-electron chi connectivity index (χ0n) is 9.94. The quantitative estimate of drug-likeness (QED) is 0.770. The third-order valence-electron chi connectivity index (χ3n) is 2.38. The lowest BCUT2D eigenvalue weighted by Gasteiger charge is -2.10. The van der Waals surface area contributed by atoms with Gasteiger partial charge in [-0.2, -0.15) is 0 Å². The SMILES string of the molecule is CC(C)=CC(=O)CCC(N)c1ccccc1. The van der Waals surface area contributed by atoms with E-state index in [-0.39, 0.29) is 11.8 Å². The van der Waals surface area contributed by atoms with Crippen LogP contribution in [0.5, 0.6) is 0 Å². The highest BCUT2D eigenvalue weighted by atomic mass is 16.1. The summed E-state index contributed by atoms with van der Waals surface area (Å²) in [6.45, 7) is 3.85. The molecular weight excluding hydrogens is 198 g/mol. The van der Waals surface area contributed by atoms with Crippen molar-refractivity contribution in [3.05, 3.63) is 47.5 Å². The molecule has 0 aliphatic carbocycles. The summed E-state index contributed by atoms with van der Waals surface area (Å²) in [4.78, 5) is 11.5. The number of carbonyl (C=O) groups excluding carboxylic acids is 1. The zero-order chi connectivity index (χ0) is 12.0. The van der Waals surface area contributed by atoms with Gasteiger partial charge in [-0.3, -0.25) is 4.79 Å². The van der Waals surface area contributed by atoms with Gasteiger partial charge in [-0.15, -0.1) is 0 Å². The lowest BCUT2D eigenvalue weighted by atomic mass is 10.0. The van der Waals surface area contributed by atoms with Gasteiger partial charge in [0.1, 0.15) is 0 Å². The van der Waals surface area contributed by atoms with Crippen LogP contribution in [0.4, 0.5) is 0 Å². The number of hydrogen-bond acceptors (Lipinski definition) is 2. The van der Waals surface area contributed by atoms with E-state index in [1.807, 2.05) is 44.2 Å². The molecule has 1 rings (SSSR count). The van der Waals surface area contributed by atoms with Crippen LogP contribution < -0.4 is 5.73 Å². The lowest BCUT2D eigenvalue weighted by Crippen LogP contribution is -2.11. The van der Waals surface area contributed by atoms with E-state index in [1.165, 1.54) is 0 Å². The molecule has 0 saturated heterocycles. The van der Waals surface area contributed by atoms with Crippen molar-refractivity contribution in [2.75, 3.05) is 0 Å². The first-order valence-electron chi connectivity index (χ1n) is 5.58. The van der Waals surface area contributed by atoms with Crippen LogP contribution in [0.1, 0.15) is 38.3 Å². The molecule has 1 aromatic rings. The van der Waals surface area contributed by atoms with Crippen LogP contribution in [-0.2, 0) is 4.79 Å². The summed E-state index contributed by atoms with van der Waals surface area (Å²) in [5.41, 5.74) is 8.13. The van der Waals surface area contributed by atoms with Crippen LogP contribution in [0.3, 0.4) is 0 Å². The second kappa shape index (κ2) is 6.23. The van der Waals surface area contributed by atoms with Gasteiger partial charge >= 0.3 is 0 Å². The fourth-order valence-electron chi connectivity index (χ4n) is 1.56. The minimum atomic E-state index is -0.0456. The van der Waals surface area contributed by atoms with E-state index in [4.69, 9.17) is 5.73 Å². The van der Waals surface area contributed by atoms with Gasteiger partial charge in [0.05, 0.1) is 0 Å². The smallest absolute Gasteiger partial charge is 0.155 e. The Morgan fingerprint density at radius 3 is 2.50 bits per heavy atom. The highest BCUT2D eigenvalue weighted by Gasteiger charge is 2.07. The Morgan fingerprint density at radius 2 is 1.94 bits per heavy atom. The molecule has 2 nitrogen and oxygen atoms in total. The maximum absolute atomic E-state index is 11.5. The van der Waals surface area contributed by atoms with Gasteiger partial charge in [0.25, 0.3) is 0 Å². The molecule has 2 N–H and O–H groups in total. The van der Waals surface area contributed by atoms with Crippen LogP contribution in [0, 0.1) is 0 Å². The van der Waals surface area contributed by atoms with Crippen molar-refractivity contribution in [1.82, 2.24) is 0 Å². The Morgan fingerprint density at radius 1 is 1.31 bits per heavy atom. The molecule has 0 spiro atoms. The molecule has 86 valence electrons. The van der Waals surface area contributed by atoms with Crippen LogP contribution >= 0.6 is 0 Å². The van der Waals surface area contributed by atoms with E-state index in [1.54, 1.807) is 6.08 Å². The summed E-state index contributed by atoms with van der Waals surface area (Å²) < 4.78 is 0. The van der Waals surface area contributed by atoms with E-state index in [0.29, 0.717) is 12.8 Å². The Balaban J connectivity index is 2.45. The molecule has 0 heterocycles. The number of ketones is 1. The van der Waals surface area contributed by atoms with E-state index in [2.05, 4.69) is 0 Å². The van der Waals surface area contributed by atoms with Crippen LogP contribution in [0.25, 0.3) is 0 Å². The highest BCUT2D eigenvalue weighted by molar-refractivity contribution is 5.90. The molecule has 1 aromatic carbocycles. The lowest BCUT2D eigenvalue weighted by molar-refractivity contribution is -0.114. The van der Waals surface area contributed by atoms with Crippen LogP contribution in [0.15, 0.2) is 42.0 Å². The Labute approximate surface area is 97.2 Å². The first kappa shape index (κ1) is 12.7. The summed E-state index contributed by atoms with van der Waals surface area (Å²) in [5.74, 6) is 0.159. The minimum Gasteiger partial charge on any atom is -0.324 e. The Hall–Kier alpha value is -1.41. The molecule has 2 heteroatoms. The summed E-state index contributed by atoms with van der Waals surface area (Å²) in [6, 6.07) is 9.84. The largest absolute Gasteiger partial charge is 0.324 e. The fourth-order valence-corrected chi connectivity index (χ4v) is 1.56. The molecular formula is C14H19NO. The van der Waals surface area contributed by atoms with Crippen LogP contribution in [0.2, 0.25) is 0 Å². The maximum Gasteiger partial charge on any atom is 0.155 e. The van der Waals surface area contributed by atoms with Crippen molar-refractivity contribution in [1.29, 1.82) is 0 Å². The second-order valence-electron chi connectivity index (χ2n) is 4.24. The normalized spacial score (nSPS) is 11.9. The number of hydrogen-bond donors (Lipinski definition) is 1. The van der Waals surface area contributed by atoms with Gasteiger partial charge in [-0.25, -0.2) is 0 Å². The number of rotatable bonds is 5. The minimum absolute atomic E-state index is 0.0456. The summed E-state index contributed by atoms with van der Waals surface area (Å²) in [5, 5.41) is 0. The van der Waals surface area contributed by atoms with Crippen molar-refractivity contribution < 1.29 is 4.79 Å². The van der Waals surface area contributed by atoms with Crippen molar-refractivity contribution in [3.63, 3.8) is 0 Å². The zero-order valence-corrected chi connectivity index (χ0v) is 9.94. The first-order chi connectivity index (χ1) is 7.59. The first-order valence-corrected chi connectivity index (χ1v) is 5.58. The number of benzene rings is 1. The summed E-state index contributed by atoms with van der Waals surface area (Å²) >= 11 is 0. The van der Waals surface area contributed by atoms with Crippen molar-refractivity contribution in [2.24, 2.45) is 5.73 Å². The van der Waals surface area contributed by atoms with Gasteiger partial charge in [0.15, 0.2) is 5.78 Å². The highest BCUT2D eigenvalue weighted by Crippen LogP contribution is 2.15. The van der Waals surface area contributed by atoms with Crippen molar-refractivity contribution in [3.8, 4) is 0 Å². The van der Waals surface area contributed by atoms with Gasteiger partial charge in [0, 0.05) is 12.5 Å². The van der Waals surface area contributed by atoms with E-state index in [0.717, 1.165) is 11.1 Å². The monoisotopic (exact) mass is 217 g/mol. The molecule has 0 aromatic heterocycles. The van der Waals surface area contributed by atoms with Gasteiger partial charge in [-0.05, 0) is 31.9 Å². The number of nitrogens with two attached hydrogens (primary N) is 1. The third-order valence-corrected chi connectivity index (χ3v) is 2.38. The third kappa shape index (κ3) is 4.41. The molecule has 16 heavy (non-hydrogen) atoms. The number of allylic oxidation sites excluding steroid dienone is 2. The molecule has 0 fully saturated rings. The fraction of sp³-hybridized carbons (Fsp3) is 0.357. The van der Waals surface area contributed by atoms with Gasteiger partial charge < -0.3 is 5.73 Å². The average molecular weight is 217 g/mol. The summed E-state index contributed by atoms with van der Waals surface area (Å²) in [6.07, 6.45) is 2.89. The standard InChI is InChI=1S/C14H19NO/c1-11(2)10-13(16)8-9-14(15)12-6-4-3-5-7-12/h3-7,10,14H,8-9,15H2,1-2H3. The van der Waals surface area contributed by atoms with E-state index >= 15 is 0 Å². The predicted molar refractivity (Wildman–Crippen MR) is 67.0 cm³/mol. The second-order valence-corrected chi connectivity index (χ2v) is 4.24. The Kier molecular flexibility index (Phi) is 4.93. The molecule has 0 amide bonds. The molecule has 0 bridgehead atoms.